The molecule has 1 aromatic heterocycles. The van der Waals surface area contributed by atoms with Crippen molar-refractivity contribution in [3.8, 4) is 5.75 Å². The maximum Gasteiger partial charge on any atom is 0.328 e. The SMILES string of the molecule is CCCOC1CCCN(C(=O)Nc2cc3c(cc2OC)n(C)c(=O)n3C)C1. The van der Waals surface area contributed by atoms with Gasteiger partial charge in [-0.2, -0.15) is 0 Å². The van der Waals surface area contributed by atoms with Gasteiger partial charge in [-0.1, -0.05) is 6.92 Å². The molecule has 1 fully saturated rings. The fraction of sp³-hybridized carbons (Fsp3) is 0.579. The molecule has 8 heteroatoms. The minimum Gasteiger partial charge on any atom is -0.494 e. The van der Waals surface area contributed by atoms with E-state index < -0.39 is 0 Å². The molecule has 1 unspecified atom stereocenters. The van der Waals surface area contributed by atoms with Gasteiger partial charge in [0.05, 0.1) is 29.9 Å². The number of fused-ring (bicyclic) bond motifs is 1. The second-order valence-corrected chi connectivity index (χ2v) is 6.95. The summed E-state index contributed by atoms with van der Waals surface area (Å²) in [4.78, 5) is 26.7. The van der Waals surface area contributed by atoms with Crippen molar-refractivity contribution in [1.29, 1.82) is 0 Å². The maximum atomic E-state index is 12.8. The van der Waals surface area contributed by atoms with E-state index in [1.807, 2.05) is 0 Å². The normalized spacial score (nSPS) is 17.3. The molecular weight excluding hydrogens is 348 g/mol. The Bertz CT molecular complexity index is 886. The number of nitrogens with one attached hydrogen (secondary N) is 1. The highest BCUT2D eigenvalue weighted by atomic mass is 16.5. The van der Waals surface area contributed by atoms with E-state index in [0.29, 0.717) is 31.1 Å². The molecule has 1 atom stereocenters. The van der Waals surface area contributed by atoms with Gasteiger partial charge in [-0.05, 0) is 25.3 Å². The van der Waals surface area contributed by atoms with Gasteiger partial charge in [0, 0.05) is 39.9 Å². The van der Waals surface area contributed by atoms with Crippen molar-refractivity contribution in [2.45, 2.75) is 32.3 Å². The molecule has 0 spiro atoms. The molecule has 2 heterocycles. The van der Waals surface area contributed by atoms with Crippen molar-refractivity contribution < 1.29 is 14.3 Å². The quantitative estimate of drug-likeness (QED) is 0.869. The molecule has 3 rings (SSSR count). The van der Waals surface area contributed by atoms with E-state index in [1.165, 1.54) is 0 Å². The number of anilines is 1. The first-order valence-electron chi connectivity index (χ1n) is 9.37. The summed E-state index contributed by atoms with van der Waals surface area (Å²) in [6, 6.07) is 3.37. The molecule has 0 saturated carbocycles. The minimum atomic E-state index is -0.182. The van der Waals surface area contributed by atoms with Gasteiger partial charge in [-0.25, -0.2) is 9.59 Å². The van der Waals surface area contributed by atoms with Crippen molar-refractivity contribution in [3.63, 3.8) is 0 Å². The fourth-order valence-electron chi connectivity index (χ4n) is 3.53. The van der Waals surface area contributed by atoms with Crippen LogP contribution in [-0.4, -0.2) is 53.0 Å². The van der Waals surface area contributed by atoms with Crippen LogP contribution >= 0.6 is 0 Å². The van der Waals surface area contributed by atoms with Gasteiger partial charge in [0.25, 0.3) is 0 Å². The molecule has 2 aromatic rings. The van der Waals surface area contributed by atoms with Crippen molar-refractivity contribution in [3.05, 3.63) is 22.6 Å². The average molecular weight is 376 g/mol. The smallest absolute Gasteiger partial charge is 0.328 e. The Morgan fingerprint density at radius 2 is 1.96 bits per heavy atom. The summed E-state index contributed by atoms with van der Waals surface area (Å²) in [6.45, 7) is 4.08. The summed E-state index contributed by atoms with van der Waals surface area (Å²) in [5.74, 6) is 0.521. The number of piperidine rings is 1. The Labute approximate surface area is 158 Å². The predicted molar refractivity (Wildman–Crippen MR) is 105 cm³/mol. The van der Waals surface area contributed by atoms with Crippen LogP contribution in [0.4, 0.5) is 10.5 Å². The van der Waals surface area contributed by atoms with E-state index in [1.54, 1.807) is 47.4 Å². The summed E-state index contributed by atoms with van der Waals surface area (Å²) >= 11 is 0. The number of hydrogen-bond acceptors (Lipinski definition) is 4. The van der Waals surface area contributed by atoms with Gasteiger partial charge in [-0.3, -0.25) is 9.13 Å². The summed E-state index contributed by atoms with van der Waals surface area (Å²) in [7, 11) is 4.98. The second-order valence-electron chi connectivity index (χ2n) is 6.95. The molecule has 1 N–H and O–H groups in total. The van der Waals surface area contributed by atoms with Crippen LogP contribution in [-0.2, 0) is 18.8 Å². The molecule has 8 nitrogen and oxygen atoms in total. The number of carbonyl (C=O) groups excluding carboxylic acids is 1. The lowest BCUT2D eigenvalue weighted by Gasteiger charge is -2.32. The largest absolute Gasteiger partial charge is 0.494 e. The van der Waals surface area contributed by atoms with Crippen LogP contribution in [0.2, 0.25) is 0 Å². The van der Waals surface area contributed by atoms with Crippen LogP contribution in [0.15, 0.2) is 16.9 Å². The Morgan fingerprint density at radius 3 is 2.63 bits per heavy atom. The van der Waals surface area contributed by atoms with Crippen molar-refractivity contribution in [2.24, 2.45) is 14.1 Å². The number of carbonyl (C=O) groups is 1. The number of rotatable bonds is 5. The lowest BCUT2D eigenvalue weighted by atomic mass is 10.1. The lowest BCUT2D eigenvalue weighted by Crippen LogP contribution is -2.45. The third-order valence-electron chi connectivity index (χ3n) is 5.06. The first-order chi connectivity index (χ1) is 13.0. The number of benzene rings is 1. The Balaban J connectivity index is 1.82. The van der Waals surface area contributed by atoms with Crippen LogP contribution in [0.5, 0.6) is 5.75 Å². The lowest BCUT2D eigenvalue weighted by molar-refractivity contribution is 0.0115. The van der Waals surface area contributed by atoms with E-state index in [4.69, 9.17) is 9.47 Å². The van der Waals surface area contributed by atoms with Crippen molar-refractivity contribution >= 4 is 22.8 Å². The summed E-state index contributed by atoms with van der Waals surface area (Å²) in [6.07, 6.45) is 2.95. The number of amides is 2. The summed E-state index contributed by atoms with van der Waals surface area (Å²) in [5, 5.41) is 2.94. The van der Waals surface area contributed by atoms with Gasteiger partial charge in [0.15, 0.2) is 0 Å². The van der Waals surface area contributed by atoms with Gasteiger partial charge < -0.3 is 19.7 Å². The monoisotopic (exact) mass is 376 g/mol. The Morgan fingerprint density at radius 1 is 1.26 bits per heavy atom. The predicted octanol–water partition coefficient (Wildman–Crippen LogP) is 2.31. The first kappa shape index (κ1) is 19.3. The number of aromatic nitrogens is 2. The zero-order valence-electron chi connectivity index (χ0n) is 16.4. The molecule has 1 aliphatic rings. The first-order valence-corrected chi connectivity index (χ1v) is 9.37. The van der Waals surface area contributed by atoms with E-state index in [9.17, 15) is 9.59 Å². The molecule has 27 heavy (non-hydrogen) atoms. The fourth-order valence-corrected chi connectivity index (χ4v) is 3.53. The molecular formula is C19H28N4O4. The molecule has 1 aromatic carbocycles. The number of aryl methyl sites for hydroxylation is 2. The molecule has 148 valence electrons. The number of imidazole rings is 1. The van der Waals surface area contributed by atoms with Gasteiger partial charge >= 0.3 is 11.7 Å². The average Bonchev–Trinajstić information content (AvgIpc) is 2.89. The van der Waals surface area contributed by atoms with Crippen LogP contribution in [0, 0.1) is 0 Å². The highest BCUT2D eigenvalue weighted by molar-refractivity contribution is 5.94. The molecule has 0 radical (unpaired) electrons. The molecule has 2 amide bonds. The van der Waals surface area contributed by atoms with Gasteiger partial charge in [-0.15, -0.1) is 0 Å². The number of ether oxygens (including phenoxy) is 2. The van der Waals surface area contributed by atoms with Crippen LogP contribution in [0.25, 0.3) is 11.0 Å². The summed E-state index contributed by atoms with van der Waals surface area (Å²) < 4.78 is 14.4. The minimum absolute atomic E-state index is 0.0868. The highest BCUT2D eigenvalue weighted by Gasteiger charge is 2.25. The maximum absolute atomic E-state index is 12.8. The number of hydrogen-bond donors (Lipinski definition) is 1. The Hall–Kier alpha value is -2.48. The van der Waals surface area contributed by atoms with Gasteiger partial charge in [0.1, 0.15) is 5.75 Å². The highest BCUT2D eigenvalue weighted by Crippen LogP contribution is 2.30. The molecule has 0 aliphatic carbocycles. The molecule has 1 aliphatic heterocycles. The zero-order chi connectivity index (χ0) is 19.6. The van der Waals surface area contributed by atoms with E-state index >= 15 is 0 Å². The molecule has 1 saturated heterocycles. The topological polar surface area (TPSA) is 77.7 Å². The van der Waals surface area contributed by atoms with E-state index in [-0.39, 0.29) is 17.8 Å². The van der Waals surface area contributed by atoms with Gasteiger partial charge in [0.2, 0.25) is 0 Å². The standard InChI is InChI=1S/C19H28N4O4/c1-5-9-27-13-7-6-8-23(12-13)18(24)20-14-10-15-16(11-17(14)26-4)22(3)19(25)21(15)2/h10-11,13H,5-9,12H2,1-4H3,(H,20,24). The third kappa shape index (κ3) is 3.80. The van der Waals surface area contributed by atoms with Crippen LogP contribution in [0.1, 0.15) is 26.2 Å². The number of likely N-dealkylation sites (tertiary alicyclic amines) is 1. The number of urea groups is 1. The van der Waals surface area contributed by atoms with Crippen molar-refractivity contribution in [2.75, 3.05) is 32.1 Å². The Kier molecular flexibility index (Phi) is 5.74. The van der Waals surface area contributed by atoms with Crippen molar-refractivity contribution in [1.82, 2.24) is 14.0 Å². The number of nitrogens with zero attached hydrogens (tertiary/aromatic N) is 3. The molecule has 0 bridgehead atoms. The third-order valence-corrected chi connectivity index (χ3v) is 5.06. The zero-order valence-corrected chi connectivity index (χ0v) is 16.4. The van der Waals surface area contributed by atoms with E-state index in [0.717, 1.165) is 30.3 Å². The van der Waals surface area contributed by atoms with E-state index in [2.05, 4.69) is 12.2 Å². The van der Waals surface area contributed by atoms with Crippen LogP contribution in [0.3, 0.4) is 0 Å². The summed E-state index contributed by atoms with van der Waals surface area (Å²) in [5.41, 5.74) is 1.92. The second kappa shape index (κ2) is 8.04. The van der Waals surface area contributed by atoms with Crippen LogP contribution < -0.4 is 15.7 Å². The number of methoxy groups -OCH3 is 1.